The van der Waals surface area contributed by atoms with E-state index in [1.807, 2.05) is 6.92 Å². The van der Waals surface area contributed by atoms with Crippen LogP contribution >= 0.6 is 11.5 Å². The molecule has 0 saturated heterocycles. The number of hydrogen-bond acceptors (Lipinski definition) is 4. The molecule has 0 bridgehead atoms. The quantitative estimate of drug-likeness (QED) is 0.764. The Morgan fingerprint density at radius 2 is 2.00 bits per heavy atom. The van der Waals surface area contributed by atoms with Crippen LogP contribution in [0.2, 0.25) is 0 Å². The highest BCUT2D eigenvalue weighted by atomic mass is 32.1. The van der Waals surface area contributed by atoms with Gasteiger partial charge in [-0.05, 0) is 31.2 Å². The van der Waals surface area contributed by atoms with Gasteiger partial charge in [-0.25, -0.2) is 4.39 Å². The molecule has 0 fully saturated rings. The Hall–Kier alpha value is -1.49. The second-order valence-corrected chi connectivity index (χ2v) is 3.42. The average Bonchev–Trinajstić information content (AvgIpc) is 2.56. The largest absolute Gasteiger partial charge is 0.443 e. The number of benzene rings is 1. The molecule has 0 N–H and O–H groups in total. The van der Waals surface area contributed by atoms with Gasteiger partial charge in [-0.15, -0.1) is 5.10 Å². The van der Waals surface area contributed by atoms with E-state index in [1.165, 1.54) is 23.7 Å². The van der Waals surface area contributed by atoms with Crippen LogP contribution in [0.1, 0.15) is 5.69 Å². The fourth-order valence-corrected chi connectivity index (χ4v) is 1.47. The fraction of sp³-hybridized carbons (Fsp3) is 0.111. The summed E-state index contributed by atoms with van der Waals surface area (Å²) in [5.41, 5.74) is 0.735. The molecular weight excluding hydrogens is 203 g/mol. The highest BCUT2D eigenvalue weighted by molar-refractivity contribution is 7.07. The van der Waals surface area contributed by atoms with Gasteiger partial charge in [-0.3, -0.25) is 0 Å². The normalized spacial score (nSPS) is 10.1. The molecule has 0 aliphatic carbocycles. The molecule has 0 aliphatic heterocycles. The molecule has 14 heavy (non-hydrogen) atoms. The van der Waals surface area contributed by atoms with Crippen molar-refractivity contribution in [2.24, 2.45) is 0 Å². The number of aryl methyl sites for hydroxylation is 1. The molecule has 5 heteroatoms. The molecule has 1 heterocycles. The molecular formula is C9H7FN2OS. The first-order valence-corrected chi connectivity index (χ1v) is 4.75. The second-order valence-electron chi connectivity index (χ2n) is 2.70. The fourth-order valence-electron chi connectivity index (χ4n) is 0.928. The maximum Gasteiger partial charge on any atom is 0.223 e. The molecule has 0 aliphatic rings. The zero-order valence-electron chi connectivity index (χ0n) is 7.40. The zero-order valence-corrected chi connectivity index (χ0v) is 8.21. The van der Waals surface area contributed by atoms with Crippen molar-refractivity contribution < 1.29 is 9.13 Å². The standard InChI is InChI=1S/C9H7FN2OS/c1-6-9(14-12-11-6)13-8-4-2-7(10)3-5-8/h2-5H,1H3. The van der Waals surface area contributed by atoms with Crippen molar-refractivity contribution in [2.45, 2.75) is 6.92 Å². The van der Waals surface area contributed by atoms with Crippen LogP contribution in [0.3, 0.4) is 0 Å². The predicted octanol–water partition coefficient (Wildman–Crippen LogP) is 2.78. The van der Waals surface area contributed by atoms with E-state index in [2.05, 4.69) is 9.59 Å². The summed E-state index contributed by atoms with van der Waals surface area (Å²) in [5.74, 6) is 0.303. The summed E-state index contributed by atoms with van der Waals surface area (Å²) in [6.07, 6.45) is 0. The minimum absolute atomic E-state index is 0.281. The molecule has 0 saturated carbocycles. The van der Waals surface area contributed by atoms with E-state index in [0.717, 1.165) is 5.69 Å². The van der Waals surface area contributed by atoms with Crippen LogP contribution in [0.5, 0.6) is 10.8 Å². The number of rotatable bonds is 2. The van der Waals surface area contributed by atoms with E-state index in [-0.39, 0.29) is 5.82 Å². The molecule has 2 rings (SSSR count). The Labute approximate surface area is 84.3 Å². The number of ether oxygens (including phenoxy) is 1. The second kappa shape index (κ2) is 3.71. The van der Waals surface area contributed by atoms with Crippen LogP contribution in [0, 0.1) is 12.7 Å². The molecule has 0 amide bonds. The molecule has 0 atom stereocenters. The molecule has 0 spiro atoms. The van der Waals surface area contributed by atoms with E-state index in [0.29, 0.717) is 10.8 Å². The van der Waals surface area contributed by atoms with E-state index in [4.69, 9.17) is 4.74 Å². The van der Waals surface area contributed by atoms with Gasteiger partial charge in [-0.1, -0.05) is 4.49 Å². The summed E-state index contributed by atoms with van der Waals surface area (Å²) < 4.78 is 21.7. The topological polar surface area (TPSA) is 35.0 Å². The third-order valence-corrected chi connectivity index (χ3v) is 2.34. The van der Waals surface area contributed by atoms with Gasteiger partial charge in [0.15, 0.2) is 0 Å². The van der Waals surface area contributed by atoms with Crippen LogP contribution in [-0.4, -0.2) is 9.59 Å². The molecule has 0 radical (unpaired) electrons. The molecule has 3 nitrogen and oxygen atoms in total. The summed E-state index contributed by atoms with van der Waals surface area (Å²) in [6.45, 7) is 1.81. The summed E-state index contributed by atoms with van der Waals surface area (Å²) in [7, 11) is 0. The lowest BCUT2D eigenvalue weighted by Crippen LogP contribution is -1.83. The highest BCUT2D eigenvalue weighted by Crippen LogP contribution is 2.26. The number of hydrogen-bond donors (Lipinski definition) is 0. The highest BCUT2D eigenvalue weighted by Gasteiger charge is 2.05. The SMILES string of the molecule is Cc1nnsc1Oc1ccc(F)cc1. The average molecular weight is 210 g/mol. The number of nitrogens with zero attached hydrogens (tertiary/aromatic N) is 2. The summed E-state index contributed by atoms with van der Waals surface area (Å²) in [6, 6.07) is 5.82. The van der Waals surface area contributed by atoms with Gasteiger partial charge in [0.05, 0.1) is 0 Å². The van der Waals surface area contributed by atoms with Crippen LogP contribution in [0.25, 0.3) is 0 Å². The summed E-state index contributed by atoms with van der Waals surface area (Å²) in [4.78, 5) is 0. The van der Waals surface area contributed by atoms with Crippen molar-refractivity contribution in [1.82, 2.24) is 9.59 Å². The third kappa shape index (κ3) is 1.88. The maximum atomic E-state index is 12.6. The van der Waals surface area contributed by atoms with E-state index in [1.54, 1.807) is 12.1 Å². The molecule has 2 aromatic rings. The van der Waals surface area contributed by atoms with Crippen molar-refractivity contribution in [3.63, 3.8) is 0 Å². The third-order valence-electron chi connectivity index (χ3n) is 1.63. The van der Waals surface area contributed by atoms with E-state index < -0.39 is 0 Å². The lowest BCUT2D eigenvalue weighted by Gasteiger charge is -2.01. The first kappa shape index (κ1) is 9.08. The Bertz CT molecular complexity index is 427. The van der Waals surface area contributed by atoms with Gasteiger partial charge in [0, 0.05) is 11.5 Å². The van der Waals surface area contributed by atoms with Crippen molar-refractivity contribution in [2.75, 3.05) is 0 Å². The molecule has 0 unspecified atom stereocenters. The van der Waals surface area contributed by atoms with Crippen molar-refractivity contribution >= 4 is 11.5 Å². The van der Waals surface area contributed by atoms with Crippen LogP contribution in [0.4, 0.5) is 4.39 Å². The minimum atomic E-state index is -0.281. The summed E-state index contributed by atoms with van der Waals surface area (Å²) in [5, 5.41) is 4.44. The number of halogens is 1. The Balaban J connectivity index is 2.19. The summed E-state index contributed by atoms with van der Waals surface area (Å²) >= 11 is 1.17. The minimum Gasteiger partial charge on any atom is -0.443 e. The molecule has 1 aromatic heterocycles. The lowest BCUT2D eigenvalue weighted by atomic mass is 10.3. The smallest absolute Gasteiger partial charge is 0.223 e. The lowest BCUT2D eigenvalue weighted by molar-refractivity contribution is 0.489. The molecule has 1 aromatic carbocycles. The maximum absolute atomic E-state index is 12.6. The Morgan fingerprint density at radius 1 is 1.29 bits per heavy atom. The van der Waals surface area contributed by atoms with Gasteiger partial charge < -0.3 is 4.74 Å². The van der Waals surface area contributed by atoms with E-state index in [9.17, 15) is 4.39 Å². The van der Waals surface area contributed by atoms with Crippen LogP contribution in [0.15, 0.2) is 24.3 Å². The van der Waals surface area contributed by atoms with Crippen LogP contribution in [-0.2, 0) is 0 Å². The monoisotopic (exact) mass is 210 g/mol. The van der Waals surface area contributed by atoms with Crippen molar-refractivity contribution in [3.05, 3.63) is 35.8 Å². The van der Waals surface area contributed by atoms with Crippen LogP contribution < -0.4 is 4.74 Å². The van der Waals surface area contributed by atoms with E-state index >= 15 is 0 Å². The van der Waals surface area contributed by atoms with Gasteiger partial charge >= 0.3 is 0 Å². The van der Waals surface area contributed by atoms with Crippen molar-refractivity contribution in [3.8, 4) is 10.8 Å². The van der Waals surface area contributed by atoms with Gasteiger partial charge in [-0.2, -0.15) is 0 Å². The predicted molar refractivity (Wildman–Crippen MR) is 51.1 cm³/mol. The first-order valence-electron chi connectivity index (χ1n) is 3.98. The Kier molecular flexibility index (Phi) is 2.41. The van der Waals surface area contributed by atoms with Crippen molar-refractivity contribution in [1.29, 1.82) is 0 Å². The first-order chi connectivity index (χ1) is 6.75. The van der Waals surface area contributed by atoms with Gasteiger partial charge in [0.1, 0.15) is 17.3 Å². The van der Waals surface area contributed by atoms with Gasteiger partial charge in [0.25, 0.3) is 0 Å². The van der Waals surface area contributed by atoms with Gasteiger partial charge in [0.2, 0.25) is 5.06 Å². The number of aromatic nitrogens is 2. The molecule has 72 valence electrons. The Morgan fingerprint density at radius 3 is 2.57 bits per heavy atom. The zero-order chi connectivity index (χ0) is 9.97.